The standard InChI is InChI=1S/C19H29N3O3/c23-19(16-5-13-24-15-16)22-8-3-17-18(4-9-22)25-14-12-21(17)11-10-20-6-1-2-7-20/h5,13,15,17-18H,1-4,6-12,14H2/t17-,18-/m1/s1. The van der Waals surface area contributed by atoms with Crippen molar-refractivity contribution < 1.29 is 13.9 Å². The molecule has 138 valence electrons. The average Bonchev–Trinajstić information content (AvgIpc) is 3.30. The Morgan fingerprint density at radius 1 is 1.08 bits per heavy atom. The third-order valence-corrected chi connectivity index (χ3v) is 5.94. The molecule has 0 spiro atoms. The van der Waals surface area contributed by atoms with Crippen LogP contribution in [0.5, 0.6) is 0 Å². The summed E-state index contributed by atoms with van der Waals surface area (Å²) in [6, 6.07) is 2.19. The highest BCUT2D eigenvalue weighted by Gasteiger charge is 2.35. The zero-order valence-corrected chi connectivity index (χ0v) is 14.9. The van der Waals surface area contributed by atoms with Crippen molar-refractivity contribution in [3.8, 4) is 0 Å². The van der Waals surface area contributed by atoms with Crippen LogP contribution in [0.15, 0.2) is 23.0 Å². The van der Waals surface area contributed by atoms with Crippen molar-refractivity contribution in [2.75, 3.05) is 52.4 Å². The molecule has 3 aliphatic heterocycles. The molecule has 0 unspecified atom stereocenters. The molecule has 1 aromatic rings. The lowest BCUT2D eigenvalue weighted by molar-refractivity contribution is -0.0727. The van der Waals surface area contributed by atoms with Crippen molar-refractivity contribution in [1.82, 2.24) is 14.7 Å². The molecule has 0 aromatic carbocycles. The van der Waals surface area contributed by atoms with Gasteiger partial charge in [-0.1, -0.05) is 0 Å². The fourth-order valence-corrected chi connectivity index (χ4v) is 4.49. The molecule has 1 aromatic heterocycles. The number of carbonyl (C=O) groups excluding carboxylic acids is 1. The lowest BCUT2D eigenvalue weighted by Crippen LogP contribution is -2.53. The summed E-state index contributed by atoms with van der Waals surface area (Å²) in [4.78, 5) is 19.8. The monoisotopic (exact) mass is 347 g/mol. The molecule has 4 rings (SSSR count). The Balaban J connectivity index is 1.36. The van der Waals surface area contributed by atoms with Crippen molar-refractivity contribution >= 4 is 5.91 Å². The highest BCUT2D eigenvalue weighted by atomic mass is 16.5. The molecule has 3 fully saturated rings. The average molecular weight is 347 g/mol. The molecule has 0 radical (unpaired) electrons. The van der Waals surface area contributed by atoms with Crippen LogP contribution in [0, 0.1) is 0 Å². The van der Waals surface area contributed by atoms with E-state index in [2.05, 4.69) is 9.80 Å². The van der Waals surface area contributed by atoms with Gasteiger partial charge >= 0.3 is 0 Å². The van der Waals surface area contributed by atoms with E-state index in [4.69, 9.17) is 9.15 Å². The summed E-state index contributed by atoms with van der Waals surface area (Å²) in [5, 5.41) is 0. The van der Waals surface area contributed by atoms with Gasteiger partial charge in [-0.3, -0.25) is 9.69 Å². The van der Waals surface area contributed by atoms with Crippen molar-refractivity contribution in [3.63, 3.8) is 0 Å². The predicted octanol–water partition coefficient (Wildman–Crippen LogP) is 1.68. The van der Waals surface area contributed by atoms with E-state index in [9.17, 15) is 4.79 Å². The van der Waals surface area contributed by atoms with Crippen molar-refractivity contribution in [3.05, 3.63) is 24.2 Å². The van der Waals surface area contributed by atoms with Crippen LogP contribution in [-0.4, -0.2) is 85.2 Å². The number of likely N-dealkylation sites (tertiary alicyclic amines) is 2. The normalized spacial score (nSPS) is 28.7. The lowest BCUT2D eigenvalue weighted by atomic mass is 10.0. The fraction of sp³-hybridized carbons (Fsp3) is 0.737. The molecule has 6 heteroatoms. The Morgan fingerprint density at radius 3 is 2.72 bits per heavy atom. The Hall–Kier alpha value is -1.37. The quantitative estimate of drug-likeness (QED) is 0.829. The van der Waals surface area contributed by atoms with Gasteiger partial charge in [-0.05, 0) is 44.8 Å². The summed E-state index contributed by atoms with van der Waals surface area (Å²) >= 11 is 0. The van der Waals surface area contributed by atoms with Gasteiger partial charge in [0.2, 0.25) is 0 Å². The number of rotatable bonds is 4. The number of amides is 1. The van der Waals surface area contributed by atoms with Crippen molar-refractivity contribution in [2.45, 2.75) is 37.8 Å². The second kappa shape index (κ2) is 7.89. The lowest BCUT2D eigenvalue weighted by Gasteiger charge is -2.41. The van der Waals surface area contributed by atoms with Gasteiger partial charge in [-0.2, -0.15) is 0 Å². The Morgan fingerprint density at radius 2 is 1.92 bits per heavy atom. The Kier molecular flexibility index (Phi) is 5.39. The van der Waals surface area contributed by atoms with E-state index in [0.29, 0.717) is 11.6 Å². The molecule has 4 heterocycles. The molecule has 3 aliphatic rings. The first-order valence-corrected chi connectivity index (χ1v) is 9.71. The van der Waals surface area contributed by atoms with Gasteiger partial charge in [-0.15, -0.1) is 0 Å². The summed E-state index contributed by atoms with van der Waals surface area (Å²) in [6.45, 7) is 8.21. The molecular weight excluding hydrogens is 318 g/mol. The third kappa shape index (κ3) is 3.91. The number of furan rings is 1. The zero-order chi connectivity index (χ0) is 17.1. The number of hydrogen-bond donors (Lipinski definition) is 0. The van der Waals surface area contributed by atoms with Crippen LogP contribution in [0.3, 0.4) is 0 Å². The van der Waals surface area contributed by atoms with Crippen LogP contribution in [0.4, 0.5) is 0 Å². The molecule has 6 nitrogen and oxygen atoms in total. The highest BCUT2D eigenvalue weighted by Crippen LogP contribution is 2.25. The van der Waals surface area contributed by atoms with E-state index in [-0.39, 0.29) is 12.0 Å². The molecule has 0 saturated carbocycles. The summed E-state index contributed by atoms with van der Waals surface area (Å²) < 4.78 is 11.1. The molecule has 0 aliphatic carbocycles. The van der Waals surface area contributed by atoms with E-state index in [1.165, 1.54) is 32.5 Å². The van der Waals surface area contributed by atoms with E-state index in [1.54, 1.807) is 18.6 Å². The van der Waals surface area contributed by atoms with E-state index < -0.39 is 0 Å². The number of fused-ring (bicyclic) bond motifs is 1. The first-order valence-electron chi connectivity index (χ1n) is 9.71. The Bertz CT molecular complexity index is 556. The smallest absolute Gasteiger partial charge is 0.257 e. The summed E-state index contributed by atoms with van der Waals surface area (Å²) in [6.07, 6.45) is 7.98. The first-order chi connectivity index (χ1) is 12.3. The minimum atomic E-state index is 0.0796. The van der Waals surface area contributed by atoms with E-state index in [0.717, 1.165) is 45.6 Å². The van der Waals surface area contributed by atoms with E-state index >= 15 is 0 Å². The van der Waals surface area contributed by atoms with Crippen LogP contribution in [0.1, 0.15) is 36.0 Å². The Labute approximate surface area is 149 Å². The summed E-state index contributed by atoms with van der Waals surface area (Å²) in [5.74, 6) is 0.0796. The van der Waals surface area contributed by atoms with Crippen LogP contribution in [0.25, 0.3) is 0 Å². The molecule has 3 saturated heterocycles. The number of hydrogen-bond acceptors (Lipinski definition) is 5. The topological polar surface area (TPSA) is 49.2 Å². The molecule has 1 amide bonds. The molecular formula is C19H29N3O3. The second-order valence-electron chi connectivity index (χ2n) is 7.44. The van der Waals surface area contributed by atoms with Crippen LogP contribution >= 0.6 is 0 Å². The van der Waals surface area contributed by atoms with Crippen molar-refractivity contribution in [1.29, 1.82) is 0 Å². The number of morpholine rings is 1. The van der Waals surface area contributed by atoms with E-state index in [1.807, 2.05) is 4.90 Å². The maximum atomic E-state index is 12.6. The molecule has 25 heavy (non-hydrogen) atoms. The first kappa shape index (κ1) is 17.1. The predicted molar refractivity (Wildman–Crippen MR) is 94.6 cm³/mol. The molecule has 0 N–H and O–H groups in total. The third-order valence-electron chi connectivity index (χ3n) is 5.94. The summed E-state index contributed by atoms with van der Waals surface area (Å²) in [5.41, 5.74) is 0.650. The maximum absolute atomic E-state index is 12.6. The van der Waals surface area contributed by atoms with Crippen molar-refractivity contribution in [2.24, 2.45) is 0 Å². The minimum Gasteiger partial charge on any atom is -0.472 e. The van der Waals surface area contributed by atoms with Crippen LogP contribution in [-0.2, 0) is 4.74 Å². The van der Waals surface area contributed by atoms with Gasteiger partial charge in [0.05, 0.1) is 24.5 Å². The number of nitrogens with zero attached hydrogens (tertiary/aromatic N) is 3. The largest absolute Gasteiger partial charge is 0.472 e. The minimum absolute atomic E-state index is 0.0796. The maximum Gasteiger partial charge on any atom is 0.257 e. The van der Waals surface area contributed by atoms with Gasteiger partial charge in [0, 0.05) is 38.8 Å². The van der Waals surface area contributed by atoms with Crippen LogP contribution in [0.2, 0.25) is 0 Å². The van der Waals surface area contributed by atoms with Gasteiger partial charge < -0.3 is 19.0 Å². The van der Waals surface area contributed by atoms with Gasteiger partial charge in [0.15, 0.2) is 0 Å². The zero-order valence-electron chi connectivity index (χ0n) is 14.9. The van der Waals surface area contributed by atoms with Gasteiger partial charge in [-0.25, -0.2) is 0 Å². The molecule has 2 atom stereocenters. The fourth-order valence-electron chi connectivity index (χ4n) is 4.49. The van der Waals surface area contributed by atoms with Gasteiger partial charge in [0.25, 0.3) is 5.91 Å². The van der Waals surface area contributed by atoms with Crippen LogP contribution < -0.4 is 0 Å². The molecule has 0 bridgehead atoms. The highest BCUT2D eigenvalue weighted by molar-refractivity contribution is 5.93. The SMILES string of the molecule is O=C(c1ccoc1)N1CC[C@@H]2[C@@H](CC1)OCCN2CCN1CCCC1. The number of carbonyl (C=O) groups is 1. The summed E-state index contributed by atoms with van der Waals surface area (Å²) in [7, 11) is 0. The second-order valence-corrected chi connectivity index (χ2v) is 7.44. The van der Waals surface area contributed by atoms with Gasteiger partial charge in [0.1, 0.15) is 6.26 Å². The number of ether oxygens (including phenoxy) is 1.